The second-order valence-corrected chi connectivity index (χ2v) is 4.28. The summed E-state index contributed by atoms with van der Waals surface area (Å²) in [7, 11) is 0. The van der Waals surface area contributed by atoms with Crippen molar-refractivity contribution in [1.82, 2.24) is 0 Å². The maximum absolute atomic E-state index is 11.5. The molecule has 0 saturated carbocycles. The standard InChI is InChI=1S/C12H14ClN3O/c1-8(15)2-5-12(17)16-11-4-3-9(7-14)6-10(11)13/h3-4,6,8H,2,5,15H2,1H3,(H,16,17). The molecular formula is C12H14ClN3O. The van der Waals surface area contributed by atoms with Crippen molar-refractivity contribution in [3.8, 4) is 6.07 Å². The van der Waals surface area contributed by atoms with Gasteiger partial charge in [0.15, 0.2) is 0 Å². The van der Waals surface area contributed by atoms with Gasteiger partial charge in [-0.15, -0.1) is 0 Å². The van der Waals surface area contributed by atoms with E-state index in [-0.39, 0.29) is 11.9 Å². The van der Waals surface area contributed by atoms with Crippen molar-refractivity contribution < 1.29 is 4.79 Å². The van der Waals surface area contributed by atoms with Crippen molar-refractivity contribution in [3.63, 3.8) is 0 Å². The zero-order valence-electron chi connectivity index (χ0n) is 9.53. The molecule has 1 atom stereocenters. The van der Waals surface area contributed by atoms with E-state index in [4.69, 9.17) is 22.6 Å². The number of amides is 1. The summed E-state index contributed by atoms with van der Waals surface area (Å²) in [5.41, 5.74) is 6.54. The zero-order chi connectivity index (χ0) is 12.8. The number of anilines is 1. The molecule has 1 amide bonds. The fourth-order valence-electron chi connectivity index (χ4n) is 1.26. The molecule has 0 heterocycles. The Kier molecular flexibility index (Phi) is 4.95. The Balaban J connectivity index is 2.63. The van der Waals surface area contributed by atoms with Gasteiger partial charge in [-0.2, -0.15) is 5.26 Å². The highest BCUT2D eigenvalue weighted by atomic mass is 35.5. The third kappa shape index (κ3) is 4.43. The van der Waals surface area contributed by atoms with E-state index in [1.807, 2.05) is 13.0 Å². The van der Waals surface area contributed by atoms with Crippen LogP contribution >= 0.6 is 11.6 Å². The van der Waals surface area contributed by atoms with Gasteiger partial charge in [0.1, 0.15) is 0 Å². The average Bonchev–Trinajstić information content (AvgIpc) is 2.29. The van der Waals surface area contributed by atoms with E-state index in [1.165, 1.54) is 6.07 Å². The van der Waals surface area contributed by atoms with E-state index in [9.17, 15) is 4.79 Å². The molecule has 0 aliphatic rings. The molecule has 0 radical (unpaired) electrons. The van der Waals surface area contributed by atoms with Gasteiger partial charge in [-0.3, -0.25) is 4.79 Å². The SMILES string of the molecule is CC(N)CCC(=O)Nc1ccc(C#N)cc1Cl. The predicted octanol–water partition coefficient (Wildman–Crippen LogP) is 2.28. The number of nitriles is 1. The van der Waals surface area contributed by atoms with Crippen LogP contribution in [-0.2, 0) is 4.79 Å². The molecule has 0 bridgehead atoms. The molecule has 3 N–H and O–H groups in total. The first-order valence-electron chi connectivity index (χ1n) is 5.28. The predicted molar refractivity (Wildman–Crippen MR) is 67.7 cm³/mol. The van der Waals surface area contributed by atoms with Crippen molar-refractivity contribution in [2.45, 2.75) is 25.8 Å². The molecular weight excluding hydrogens is 238 g/mol. The van der Waals surface area contributed by atoms with Gasteiger partial charge in [-0.1, -0.05) is 11.6 Å². The molecule has 0 aromatic heterocycles. The van der Waals surface area contributed by atoms with Gasteiger partial charge in [0.25, 0.3) is 0 Å². The van der Waals surface area contributed by atoms with Crippen LogP contribution in [0, 0.1) is 11.3 Å². The molecule has 90 valence electrons. The maximum atomic E-state index is 11.5. The monoisotopic (exact) mass is 251 g/mol. The fourth-order valence-corrected chi connectivity index (χ4v) is 1.49. The number of nitrogens with one attached hydrogen (secondary N) is 1. The summed E-state index contributed by atoms with van der Waals surface area (Å²) in [6, 6.07) is 6.71. The third-order valence-corrected chi connectivity index (χ3v) is 2.51. The summed E-state index contributed by atoms with van der Waals surface area (Å²) >= 11 is 5.92. The Hall–Kier alpha value is -1.57. The van der Waals surface area contributed by atoms with Crippen molar-refractivity contribution in [2.24, 2.45) is 5.73 Å². The van der Waals surface area contributed by atoms with Crippen LogP contribution in [0.1, 0.15) is 25.3 Å². The first-order valence-corrected chi connectivity index (χ1v) is 5.66. The van der Waals surface area contributed by atoms with E-state index in [0.717, 1.165) is 0 Å². The van der Waals surface area contributed by atoms with E-state index in [0.29, 0.717) is 29.1 Å². The van der Waals surface area contributed by atoms with E-state index >= 15 is 0 Å². The van der Waals surface area contributed by atoms with Crippen molar-refractivity contribution >= 4 is 23.2 Å². The van der Waals surface area contributed by atoms with E-state index in [2.05, 4.69) is 5.32 Å². The normalized spacial score (nSPS) is 11.6. The number of rotatable bonds is 4. The molecule has 1 rings (SSSR count). The third-order valence-electron chi connectivity index (χ3n) is 2.20. The second-order valence-electron chi connectivity index (χ2n) is 3.87. The van der Waals surface area contributed by atoms with Gasteiger partial charge in [0.05, 0.1) is 22.3 Å². The molecule has 0 saturated heterocycles. The molecule has 0 aliphatic carbocycles. The summed E-state index contributed by atoms with van der Waals surface area (Å²) < 4.78 is 0. The van der Waals surface area contributed by atoms with E-state index in [1.54, 1.807) is 12.1 Å². The van der Waals surface area contributed by atoms with Crippen LogP contribution in [0.3, 0.4) is 0 Å². The number of halogens is 1. The van der Waals surface area contributed by atoms with Gasteiger partial charge >= 0.3 is 0 Å². The molecule has 0 aliphatic heterocycles. The van der Waals surface area contributed by atoms with Crippen LogP contribution in [-0.4, -0.2) is 11.9 Å². The number of benzene rings is 1. The molecule has 1 unspecified atom stereocenters. The Morgan fingerprint density at radius 1 is 1.65 bits per heavy atom. The Bertz CT molecular complexity index is 452. The second kappa shape index (κ2) is 6.24. The first-order chi connectivity index (χ1) is 8.02. The minimum atomic E-state index is -0.131. The van der Waals surface area contributed by atoms with Crippen LogP contribution in [0.4, 0.5) is 5.69 Å². The van der Waals surface area contributed by atoms with Gasteiger partial charge in [0.2, 0.25) is 5.91 Å². The quantitative estimate of drug-likeness (QED) is 0.862. The minimum absolute atomic E-state index is 0.00260. The van der Waals surface area contributed by atoms with Crippen molar-refractivity contribution in [1.29, 1.82) is 5.26 Å². The summed E-state index contributed by atoms with van der Waals surface area (Å²) in [5.74, 6) is -0.131. The largest absolute Gasteiger partial charge is 0.328 e. The summed E-state index contributed by atoms with van der Waals surface area (Å²) in [5, 5.41) is 11.7. The molecule has 1 aromatic rings. The Morgan fingerprint density at radius 3 is 2.88 bits per heavy atom. The van der Waals surface area contributed by atoms with Crippen molar-refractivity contribution in [2.75, 3.05) is 5.32 Å². The summed E-state index contributed by atoms with van der Waals surface area (Å²) in [6.45, 7) is 1.85. The lowest BCUT2D eigenvalue weighted by molar-refractivity contribution is -0.116. The van der Waals surface area contributed by atoms with Crippen LogP contribution in [0.5, 0.6) is 0 Å². The summed E-state index contributed by atoms with van der Waals surface area (Å²) in [6.07, 6.45) is 0.980. The smallest absolute Gasteiger partial charge is 0.224 e. The number of nitrogens with zero attached hydrogens (tertiary/aromatic N) is 1. The van der Waals surface area contributed by atoms with Gasteiger partial charge < -0.3 is 11.1 Å². The van der Waals surface area contributed by atoms with Crippen LogP contribution in [0.15, 0.2) is 18.2 Å². The maximum Gasteiger partial charge on any atom is 0.224 e. The highest BCUT2D eigenvalue weighted by Gasteiger charge is 2.07. The lowest BCUT2D eigenvalue weighted by Gasteiger charge is -2.08. The Labute approximate surface area is 105 Å². The van der Waals surface area contributed by atoms with Crippen LogP contribution in [0.25, 0.3) is 0 Å². The lowest BCUT2D eigenvalue weighted by atomic mass is 10.2. The van der Waals surface area contributed by atoms with Gasteiger partial charge in [-0.05, 0) is 31.5 Å². The minimum Gasteiger partial charge on any atom is -0.328 e. The van der Waals surface area contributed by atoms with Crippen molar-refractivity contribution in [3.05, 3.63) is 28.8 Å². The van der Waals surface area contributed by atoms with Crippen LogP contribution < -0.4 is 11.1 Å². The molecule has 17 heavy (non-hydrogen) atoms. The highest BCUT2D eigenvalue weighted by Crippen LogP contribution is 2.22. The van der Waals surface area contributed by atoms with Crippen LogP contribution in [0.2, 0.25) is 5.02 Å². The lowest BCUT2D eigenvalue weighted by Crippen LogP contribution is -2.19. The Morgan fingerprint density at radius 2 is 2.35 bits per heavy atom. The highest BCUT2D eigenvalue weighted by molar-refractivity contribution is 6.33. The number of carbonyl (C=O) groups excluding carboxylic acids is 1. The molecule has 4 nitrogen and oxygen atoms in total. The molecule has 0 spiro atoms. The molecule has 1 aromatic carbocycles. The number of hydrogen-bond donors (Lipinski definition) is 2. The first kappa shape index (κ1) is 13.5. The molecule has 5 heteroatoms. The fraction of sp³-hybridized carbons (Fsp3) is 0.333. The molecule has 0 fully saturated rings. The number of nitrogens with two attached hydrogens (primary N) is 1. The van der Waals surface area contributed by atoms with Gasteiger partial charge in [-0.25, -0.2) is 0 Å². The van der Waals surface area contributed by atoms with E-state index < -0.39 is 0 Å². The zero-order valence-corrected chi connectivity index (χ0v) is 10.3. The topological polar surface area (TPSA) is 78.9 Å². The number of hydrogen-bond acceptors (Lipinski definition) is 3. The average molecular weight is 252 g/mol. The van der Waals surface area contributed by atoms with Gasteiger partial charge in [0, 0.05) is 12.5 Å². The number of carbonyl (C=O) groups is 1. The summed E-state index contributed by atoms with van der Waals surface area (Å²) in [4.78, 5) is 11.5.